The maximum absolute atomic E-state index is 11.2. The average Bonchev–Trinajstić information content (AvgIpc) is 2.24. The Hall–Kier alpha value is -1.09. The zero-order valence-electron chi connectivity index (χ0n) is 9.95. The molecule has 0 aliphatic rings. The number of rotatable bonds is 6. The quantitative estimate of drug-likeness (QED) is 0.385. The van der Waals surface area contributed by atoms with Gasteiger partial charge in [-0.15, -0.1) is 0 Å². The van der Waals surface area contributed by atoms with Crippen LogP contribution in [-0.4, -0.2) is 25.8 Å². The zero-order chi connectivity index (χ0) is 11.7. The maximum Gasteiger partial charge on any atom is 0.333 e. The second-order valence-electron chi connectivity index (χ2n) is 3.14. The van der Waals surface area contributed by atoms with Crippen molar-refractivity contribution in [2.24, 2.45) is 0 Å². The van der Waals surface area contributed by atoms with Crippen LogP contribution in [0, 0.1) is 0 Å². The molecule has 0 spiro atoms. The summed E-state index contributed by atoms with van der Waals surface area (Å²) in [6.07, 6.45) is 6.50. The molecular weight excluding hydrogens is 192 g/mol. The second kappa shape index (κ2) is 8.24. The number of carbonyl (C=O) groups excluding carboxylic acids is 1. The summed E-state index contributed by atoms with van der Waals surface area (Å²) < 4.78 is 10.00. The van der Waals surface area contributed by atoms with Crippen LogP contribution < -0.4 is 0 Å². The summed E-state index contributed by atoms with van der Waals surface area (Å²) in [7, 11) is 1.67. The second-order valence-corrected chi connectivity index (χ2v) is 3.14. The van der Waals surface area contributed by atoms with E-state index in [1.165, 1.54) is 0 Å². The topological polar surface area (TPSA) is 35.5 Å². The number of carbonyl (C=O) groups is 1. The molecule has 3 nitrogen and oxygen atoms in total. The Kier molecular flexibility index (Phi) is 7.64. The van der Waals surface area contributed by atoms with E-state index in [1.54, 1.807) is 27.0 Å². The number of hydrogen-bond acceptors (Lipinski definition) is 3. The monoisotopic (exact) mass is 212 g/mol. The third-order valence-corrected chi connectivity index (χ3v) is 1.97. The van der Waals surface area contributed by atoms with Gasteiger partial charge in [0.15, 0.2) is 0 Å². The minimum atomic E-state index is -0.271. The molecule has 0 bridgehead atoms. The van der Waals surface area contributed by atoms with Crippen LogP contribution in [0.1, 0.15) is 27.2 Å². The molecule has 0 heterocycles. The van der Waals surface area contributed by atoms with Crippen LogP contribution in [0.4, 0.5) is 0 Å². The summed E-state index contributed by atoms with van der Waals surface area (Å²) in [4.78, 5) is 11.2. The predicted octanol–water partition coefficient (Wildman–Crippen LogP) is 2.48. The Bertz CT molecular complexity index is 237. The fraction of sp³-hybridized carbons (Fsp3) is 0.583. The first-order valence-electron chi connectivity index (χ1n) is 5.20. The number of hydrogen-bond donors (Lipinski definition) is 0. The highest BCUT2D eigenvalue weighted by molar-refractivity contribution is 5.88. The van der Waals surface area contributed by atoms with E-state index in [2.05, 4.69) is 0 Å². The third-order valence-electron chi connectivity index (χ3n) is 1.97. The van der Waals surface area contributed by atoms with Crippen LogP contribution in [0.5, 0.6) is 0 Å². The van der Waals surface area contributed by atoms with Crippen LogP contribution in [0.25, 0.3) is 0 Å². The van der Waals surface area contributed by atoms with Crippen molar-refractivity contribution in [1.29, 1.82) is 0 Å². The molecule has 0 saturated heterocycles. The van der Waals surface area contributed by atoms with E-state index in [-0.39, 0.29) is 12.1 Å². The molecule has 0 radical (unpaired) electrons. The first-order valence-corrected chi connectivity index (χ1v) is 5.20. The van der Waals surface area contributed by atoms with Crippen LogP contribution in [0.15, 0.2) is 23.8 Å². The predicted molar refractivity (Wildman–Crippen MR) is 60.6 cm³/mol. The molecular formula is C12H20O3. The van der Waals surface area contributed by atoms with E-state index < -0.39 is 0 Å². The first-order chi connectivity index (χ1) is 7.15. The Morgan fingerprint density at radius 1 is 1.40 bits per heavy atom. The molecule has 0 rings (SSSR count). The highest BCUT2D eigenvalue weighted by atomic mass is 16.5. The lowest BCUT2D eigenvalue weighted by atomic mass is 10.2. The van der Waals surface area contributed by atoms with Gasteiger partial charge in [0.05, 0.1) is 12.7 Å². The lowest BCUT2D eigenvalue weighted by Crippen LogP contribution is -2.05. The van der Waals surface area contributed by atoms with Crippen molar-refractivity contribution in [3.05, 3.63) is 23.8 Å². The summed E-state index contributed by atoms with van der Waals surface area (Å²) in [6.45, 7) is 5.97. The molecule has 15 heavy (non-hydrogen) atoms. The Morgan fingerprint density at radius 3 is 2.53 bits per heavy atom. The van der Waals surface area contributed by atoms with E-state index in [1.807, 2.05) is 19.1 Å². The van der Waals surface area contributed by atoms with Crippen molar-refractivity contribution in [2.45, 2.75) is 33.3 Å². The van der Waals surface area contributed by atoms with Gasteiger partial charge in [-0.05, 0) is 20.3 Å². The average molecular weight is 212 g/mol. The number of esters is 1. The Labute approximate surface area is 91.8 Å². The van der Waals surface area contributed by atoms with Gasteiger partial charge in [0.25, 0.3) is 0 Å². The molecule has 86 valence electrons. The standard InChI is InChI=1S/C12H20O3/c1-5-11(14-4)9-7-8-10(3)12(13)15-6-2/h7-9,11H,5-6H2,1-4H3. The molecule has 0 amide bonds. The van der Waals surface area contributed by atoms with E-state index in [9.17, 15) is 4.79 Å². The van der Waals surface area contributed by atoms with E-state index in [0.717, 1.165) is 6.42 Å². The molecule has 1 unspecified atom stereocenters. The summed E-state index contributed by atoms with van der Waals surface area (Å²) in [6, 6.07) is 0. The highest BCUT2D eigenvalue weighted by Gasteiger charge is 2.02. The van der Waals surface area contributed by atoms with Crippen LogP contribution in [-0.2, 0) is 14.3 Å². The van der Waals surface area contributed by atoms with Gasteiger partial charge >= 0.3 is 5.97 Å². The summed E-state index contributed by atoms with van der Waals surface area (Å²) in [5.41, 5.74) is 0.596. The van der Waals surface area contributed by atoms with Crippen molar-refractivity contribution in [3.8, 4) is 0 Å². The van der Waals surface area contributed by atoms with Crippen LogP contribution >= 0.6 is 0 Å². The Balaban J connectivity index is 4.19. The van der Waals surface area contributed by atoms with Gasteiger partial charge < -0.3 is 9.47 Å². The minimum absolute atomic E-state index is 0.108. The molecule has 0 saturated carbocycles. The summed E-state index contributed by atoms with van der Waals surface area (Å²) >= 11 is 0. The molecule has 0 aromatic carbocycles. The number of ether oxygens (including phenoxy) is 2. The molecule has 0 aromatic heterocycles. The van der Waals surface area contributed by atoms with Crippen LogP contribution in [0.3, 0.4) is 0 Å². The molecule has 0 aliphatic heterocycles. The summed E-state index contributed by atoms with van der Waals surface area (Å²) in [5, 5.41) is 0. The van der Waals surface area contributed by atoms with Gasteiger partial charge in [-0.3, -0.25) is 0 Å². The van der Waals surface area contributed by atoms with Gasteiger partial charge in [0.1, 0.15) is 0 Å². The lowest BCUT2D eigenvalue weighted by Gasteiger charge is -2.05. The SMILES string of the molecule is CCOC(=O)C(C)=CC=CC(CC)OC. The molecule has 0 aliphatic carbocycles. The fourth-order valence-corrected chi connectivity index (χ4v) is 1.02. The fourth-order valence-electron chi connectivity index (χ4n) is 1.02. The smallest absolute Gasteiger partial charge is 0.333 e. The van der Waals surface area contributed by atoms with Gasteiger partial charge in [-0.25, -0.2) is 4.79 Å². The molecule has 0 aromatic rings. The molecule has 3 heteroatoms. The van der Waals surface area contributed by atoms with Crippen molar-refractivity contribution >= 4 is 5.97 Å². The zero-order valence-corrected chi connectivity index (χ0v) is 9.95. The minimum Gasteiger partial charge on any atom is -0.463 e. The van der Waals surface area contributed by atoms with Gasteiger partial charge in [-0.1, -0.05) is 25.2 Å². The van der Waals surface area contributed by atoms with Crippen molar-refractivity contribution in [2.75, 3.05) is 13.7 Å². The van der Waals surface area contributed by atoms with E-state index in [4.69, 9.17) is 9.47 Å². The normalized spacial score (nSPS) is 14.3. The van der Waals surface area contributed by atoms with Crippen molar-refractivity contribution in [3.63, 3.8) is 0 Å². The summed E-state index contributed by atoms with van der Waals surface area (Å²) in [5.74, 6) is -0.271. The Morgan fingerprint density at radius 2 is 2.07 bits per heavy atom. The lowest BCUT2D eigenvalue weighted by molar-refractivity contribution is -0.138. The van der Waals surface area contributed by atoms with Crippen LogP contribution in [0.2, 0.25) is 0 Å². The number of allylic oxidation sites excluding steroid dienone is 2. The molecule has 0 fully saturated rings. The van der Waals surface area contributed by atoms with Gasteiger partial charge in [0.2, 0.25) is 0 Å². The number of methoxy groups -OCH3 is 1. The van der Waals surface area contributed by atoms with E-state index >= 15 is 0 Å². The third kappa shape index (κ3) is 6.07. The first kappa shape index (κ1) is 13.9. The van der Waals surface area contributed by atoms with E-state index in [0.29, 0.717) is 12.2 Å². The molecule has 0 N–H and O–H groups in total. The maximum atomic E-state index is 11.2. The molecule has 1 atom stereocenters. The highest BCUT2D eigenvalue weighted by Crippen LogP contribution is 2.01. The largest absolute Gasteiger partial charge is 0.463 e. The van der Waals surface area contributed by atoms with Crippen molar-refractivity contribution < 1.29 is 14.3 Å². The van der Waals surface area contributed by atoms with Gasteiger partial charge in [0, 0.05) is 12.7 Å². The van der Waals surface area contributed by atoms with Crippen molar-refractivity contribution in [1.82, 2.24) is 0 Å². The van der Waals surface area contributed by atoms with Gasteiger partial charge in [-0.2, -0.15) is 0 Å².